The van der Waals surface area contributed by atoms with Crippen LogP contribution in [0.3, 0.4) is 0 Å². The monoisotopic (exact) mass is 349 g/mol. The molecule has 1 saturated carbocycles. The van der Waals surface area contributed by atoms with E-state index in [1.54, 1.807) is 12.4 Å². The normalized spacial score (nSPS) is 26.5. The number of likely N-dealkylation sites (N-methyl/N-ethyl adjacent to an activating group) is 1. The van der Waals surface area contributed by atoms with E-state index in [0.717, 1.165) is 30.9 Å². The van der Waals surface area contributed by atoms with E-state index in [0.29, 0.717) is 5.56 Å². The molecular weight excluding hydrogens is 322 g/mol. The van der Waals surface area contributed by atoms with Gasteiger partial charge in [0.05, 0.1) is 6.04 Å². The van der Waals surface area contributed by atoms with Gasteiger partial charge in [-0.3, -0.25) is 14.7 Å². The van der Waals surface area contributed by atoms with Crippen molar-refractivity contribution in [2.75, 3.05) is 13.6 Å². The first-order valence-electron chi connectivity index (χ1n) is 9.58. The second-order valence-electron chi connectivity index (χ2n) is 7.94. The predicted molar refractivity (Wildman–Crippen MR) is 103 cm³/mol. The quantitative estimate of drug-likeness (QED) is 0.915. The lowest BCUT2D eigenvalue weighted by molar-refractivity contribution is -0.0404. The molecule has 26 heavy (non-hydrogen) atoms. The Kier molecular flexibility index (Phi) is 4.53. The van der Waals surface area contributed by atoms with E-state index in [9.17, 15) is 4.79 Å². The van der Waals surface area contributed by atoms with Crippen molar-refractivity contribution >= 4 is 5.91 Å². The standard InChI is InChI=1S/C22H27N3O/c1-16-14-23-13-10-19(16)21(26)24-20(18-6-4-3-5-7-18)22-11-8-17(9-12-22)15-25(22)2/h3-7,10,13-14,17,20H,8-9,11-12,15H2,1-2H3,(H,24,26)/t17?,20-,22?/m1/s1. The largest absolute Gasteiger partial charge is 0.343 e. The Labute approximate surface area is 155 Å². The highest BCUT2D eigenvalue weighted by Gasteiger charge is 2.50. The SMILES string of the molecule is Cc1cnccc1C(=O)N[C@H](c1ccccc1)C12CCC(CC1)CN2C. The highest BCUT2D eigenvalue weighted by Crippen LogP contribution is 2.48. The number of hydrogen-bond acceptors (Lipinski definition) is 3. The average molecular weight is 349 g/mol. The molecule has 0 radical (unpaired) electrons. The number of rotatable bonds is 4. The molecule has 136 valence electrons. The summed E-state index contributed by atoms with van der Waals surface area (Å²) in [6.45, 7) is 3.07. The summed E-state index contributed by atoms with van der Waals surface area (Å²) in [7, 11) is 2.23. The van der Waals surface area contributed by atoms with Crippen molar-refractivity contribution in [2.45, 2.75) is 44.2 Å². The van der Waals surface area contributed by atoms with Gasteiger partial charge in [-0.2, -0.15) is 0 Å². The Morgan fingerprint density at radius 1 is 1.23 bits per heavy atom. The molecule has 3 fully saturated rings. The number of aryl methyl sites for hydroxylation is 1. The molecule has 2 bridgehead atoms. The third kappa shape index (κ3) is 2.92. The molecule has 3 heterocycles. The topological polar surface area (TPSA) is 45.2 Å². The van der Waals surface area contributed by atoms with E-state index in [2.05, 4.69) is 46.5 Å². The molecule has 2 saturated heterocycles. The lowest BCUT2D eigenvalue weighted by Crippen LogP contribution is -2.62. The van der Waals surface area contributed by atoms with Crippen molar-refractivity contribution in [2.24, 2.45) is 5.92 Å². The molecule has 0 spiro atoms. The molecule has 4 nitrogen and oxygen atoms in total. The molecular formula is C22H27N3O. The fourth-order valence-corrected chi connectivity index (χ4v) is 4.93. The molecule has 1 atom stereocenters. The molecule has 2 aliphatic heterocycles. The number of nitrogens with zero attached hydrogens (tertiary/aromatic N) is 2. The summed E-state index contributed by atoms with van der Waals surface area (Å²) >= 11 is 0. The van der Waals surface area contributed by atoms with Gasteiger partial charge < -0.3 is 5.32 Å². The third-order valence-corrected chi connectivity index (χ3v) is 6.47. The zero-order chi connectivity index (χ0) is 18.1. The van der Waals surface area contributed by atoms with E-state index in [-0.39, 0.29) is 17.5 Å². The Morgan fingerprint density at radius 3 is 2.62 bits per heavy atom. The van der Waals surface area contributed by atoms with Crippen LogP contribution in [0.25, 0.3) is 0 Å². The van der Waals surface area contributed by atoms with Crippen molar-refractivity contribution in [3.63, 3.8) is 0 Å². The highest BCUT2D eigenvalue weighted by molar-refractivity contribution is 5.95. The number of carbonyl (C=O) groups is 1. The predicted octanol–water partition coefficient (Wildman–Crippen LogP) is 3.74. The van der Waals surface area contributed by atoms with Crippen LogP contribution >= 0.6 is 0 Å². The lowest BCUT2D eigenvalue weighted by atomic mass is 9.66. The zero-order valence-electron chi connectivity index (χ0n) is 15.6. The van der Waals surface area contributed by atoms with Crippen molar-refractivity contribution in [1.82, 2.24) is 15.2 Å². The van der Waals surface area contributed by atoms with Crippen LogP contribution in [0.1, 0.15) is 53.2 Å². The fourth-order valence-electron chi connectivity index (χ4n) is 4.93. The molecule has 1 aromatic carbocycles. The van der Waals surface area contributed by atoms with E-state index in [4.69, 9.17) is 0 Å². The Morgan fingerprint density at radius 2 is 1.96 bits per heavy atom. The minimum absolute atomic E-state index is 0.00462. The number of piperidine rings is 2. The number of fused-ring (bicyclic) bond motifs is 3. The van der Waals surface area contributed by atoms with Crippen LogP contribution in [-0.2, 0) is 0 Å². The van der Waals surface area contributed by atoms with E-state index < -0.39 is 0 Å². The number of benzene rings is 1. The van der Waals surface area contributed by atoms with Gasteiger partial charge in [0, 0.05) is 30.0 Å². The molecule has 1 aliphatic carbocycles. The van der Waals surface area contributed by atoms with Crippen LogP contribution in [0.5, 0.6) is 0 Å². The summed E-state index contributed by atoms with van der Waals surface area (Å²) < 4.78 is 0. The Balaban J connectivity index is 1.70. The van der Waals surface area contributed by atoms with Crippen LogP contribution in [-0.4, -0.2) is 34.9 Å². The van der Waals surface area contributed by atoms with Crippen LogP contribution < -0.4 is 5.32 Å². The number of amides is 1. The van der Waals surface area contributed by atoms with E-state index >= 15 is 0 Å². The third-order valence-electron chi connectivity index (χ3n) is 6.47. The van der Waals surface area contributed by atoms with Crippen LogP contribution in [0.2, 0.25) is 0 Å². The molecule has 3 aliphatic rings. The maximum atomic E-state index is 13.1. The Bertz CT molecular complexity index is 781. The van der Waals surface area contributed by atoms with Crippen molar-refractivity contribution < 1.29 is 4.79 Å². The second kappa shape index (κ2) is 6.84. The van der Waals surface area contributed by atoms with Gasteiger partial charge in [0.25, 0.3) is 5.91 Å². The van der Waals surface area contributed by atoms with Gasteiger partial charge >= 0.3 is 0 Å². The maximum Gasteiger partial charge on any atom is 0.252 e. The highest BCUT2D eigenvalue weighted by atomic mass is 16.1. The fraction of sp³-hybridized carbons (Fsp3) is 0.455. The summed E-state index contributed by atoms with van der Waals surface area (Å²) in [6, 6.07) is 12.3. The Hall–Kier alpha value is -2.20. The van der Waals surface area contributed by atoms with Gasteiger partial charge in [0.15, 0.2) is 0 Å². The molecule has 1 amide bonds. The lowest BCUT2D eigenvalue weighted by Gasteiger charge is -2.57. The van der Waals surface area contributed by atoms with Crippen LogP contribution in [0.15, 0.2) is 48.8 Å². The second-order valence-corrected chi connectivity index (χ2v) is 7.94. The van der Waals surface area contributed by atoms with E-state index in [1.165, 1.54) is 18.4 Å². The smallest absolute Gasteiger partial charge is 0.252 e. The maximum absolute atomic E-state index is 13.1. The first kappa shape index (κ1) is 17.2. The van der Waals surface area contributed by atoms with Gasteiger partial charge in [-0.1, -0.05) is 30.3 Å². The zero-order valence-corrected chi connectivity index (χ0v) is 15.6. The number of pyridine rings is 1. The van der Waals surface area contributed by atoms with Gasteiger partial charge in [0.1, 0.15) is 0 Å². The first-order valence-corrected chi connectivity index (χ1v) is 9.58. The van der Waals surface area contributed by atoms with Gasteiger partial charge in [0.2, 0.25) is 0 Å². The van der Waals surface area contributed by atoms with Crippen molar-refractivity contribution in [1.29, 1.82) is 0 Å². The molecule has 0 unspecified atom stereocenters. The minimum atomic E-state index is -0.00535. The average Bonchev–Trinajstić information content (AvgIpc) is 2.68. The van der Waals surface area contributed by atoms with Crippen LogP contribution in [0, 0.1) is 12.8 Å². The van der Waals surface area contributed by atoms with Crippen molar-refractivity contribution in [3.05, 3.63) is 65.5 Å². The van der Waals surface area contributed by atoms with Gasteiger partial charge in [-0.05, 0) is 62.8 Å². The summed E-state index contributed by atoms with van der Waals surface area (Å²) in [5, 5.41) is 3.40. The summed E-state index contributed by atoms with van der Waals surface area (Å²) in [4.78, 5) is 19.7. The minimum Gasteiger partial charge on any atom is -0.343 e. The number of carbonyl (C=O) groups excluding carboxylic acids is 1. The van der Waals surface area contributed by atoms with Crippen molar-refractivity contribution in [3.8, 4) is 0 Å². The van der Waals surface area contributed by atoms with E-state index in [1.807, 2.05) is 19.1 Å². The molecule has 4 heteroatoms. The van der Waals surface area contributed by atoms with Gasteiger partial charge in [-0.15, -0.1) is 0 Å². The molecule has 1 aromatic heterocycles. The molecule has 2 aromatic rings. The number of aromatic nitrogens is 1. The number of hydrogen-bond donors (Lipinski definition) is 1. The van der Waals surface area contributed by atoms with Crippen LogP contribution in [0.4, 0.5) is 0 Å². The molecule has 1 N–H and O–H groups in total. The summed E-state index contributed by atoms with van der Waals surface area (Å²) in [5.74, 6) is 0.811. The summed E-state index contributed by atoms with van der Waals surface area (Å²) in [5.41, 5.74) is 2.83. The van der Waals surface area contributed by atoms with Gasteiger partial charge in [-0.25, -0.2) is 0 Å². The molecule has 5 rings (SSSR count). The first-order chi connectivity index (χ1) is 12.6. The number of nitrogens with one attached hydrogen (secondary N) is 1. The summed E-state index contributed by atoms with van der Waals surface area (Å²) in [6.07, 6.45) is 8.25.